The quantitative estimate of drug-likeness (QED) is 0.282. The first kappa shape index (κ1) is 24.3. The first-order valence-corrected chi connectivity index (χ1v) is 10.1. The van der Waals surface area contributed by atoms with Crippen molar-refractivity contribution in [3.8, 4) is 5.75 Å². The maximum absolute atomic E-state index is 14.0. The number of anilines is 1. The van der Waals surface area contributed by atoms with Gasteiger partial charge < -0.3 is 14.5 Å². The van der Waals surface area contributed by atoms with Crippen LogP contribution in [-0.2, 0) is 0 Å². The lowest BCUT2D eigenvalue weighted by Crippen LogP contribution is -2.53. The van der Waals surface area contributed by atoms with Gasteiger partial charge in [-0.1, -0.05) is 23.2 Å². The van der Waals surface area contributed by atoms with Crippen LogP contribution in [0.1, 0.15) is 10.4 Å². The van der Waals surface area contributed by atoms with E-state index >= 15 is 0 Å². The van der Waals surface area contributed by atoms with Crippen LogP contribution in [0.4, 0.5) is 27.6 Å². The van der Waals surface area contributed by atoms with Crippen molar-refractivity contribution in [2.45, 2.75) is 0 Å². The number of carbonyl (C=O) groups is 1. The van der Waals surface area contributed by atoms with Crippen molar-refractivity contribution in [2.75, 3.05) is 38.2 Å². The van der Waals surface area contributed by atoms with E-state index in [9.17, 15) is 26.7 Å². The zero-order valence-electron chi connectivity index (χ0n) is 16.2. The third kappa shape index (κ3) is 4.55. The Balaban J connectivity index is 1.71. The second-order valence-corrected chi connectivity index (χ2v) is 7.85. The summed E-state index contributed by atoms with van der Waals surface area (Å²) in [6.45, 7) is -0.126. The number of benzene rings is 2. The molecule has 1 N–H and O–H groups in total. The SMILES string of the molecule is COc1c(Cl)cc(Cl)cc1C(=O)NC(=S)N1CCN(c2c(F)c(F)c(F)c(F)c2F)CC1. The molecule has 0 spiro atoms. The Morgan fingerprint density at radius 1 is 0.969 bits per heavy atom. The van der Waals surface area contributed by atoms with Gasteiger partial charge in [0.2, 0.25) is 5.82 Å². The highest BCUT2D eigenvalue weighted by Crippen LogP contribution is 2.33. The van der Waals surface area contributed by atoms with Crippen molar-refractivity contribution in [1.29, 1.82) is 0 Å². The van der Waals surface area contributed by atoms with Crippen molar-refractivity contribution >= 4 is 52.1 Å². The lowest BCUT2D eigenvalue weighted by molar-refractivity contribution is 0.0970. The van der Waals surface area contributed by atoms with Gasteiger partial charge in [-0.15, -0.1) is 0 Å². The van der Waals surface area contributed by atoms with Crippen molar-refractivity contribution < 1.29 is 31.5 Å². The van der Waals surface area contributed by atoms with Gasteiger partial charge in [0.15, 0.2) is 28.4 Å². The minimum Gasteiger partial charge on any atom is -0.494 e. The smallest absolute Gasteiger partial charge is 0.261 e. The molecule has 0 aromatic heterocycles. The summed E-state index contributed by atoms with van der Waals surface area (Å²) in [5, 5.41) is 2.79. The van der Waals surface area contributed by atoms with E-state index < -0.39 is 40.7 Å². The second kappa shape index (κ2) is 9.63. The van der Waals surface area contributed by atoms with Gasteiger partial charge in [-0.25, -0.2) is 22.0 Å². The van der Waals surface area contributed by atoms with E-state index in [1.54, 1.807) is 0 Å². The van der Waals surface area contributed by atoms with E-state index in [4.69, 9.17) is 40.2 Å². The fraction of sp³-hybridized carbons (Fsp3) is 0.263. The number of methoxy groups -OCH3 is 1. The first-order chi connectivity index (χ1) is 15.1. The molecule has 2 aromatic rings. The Bertz CT molecular complexity index is 1070. The number of rotatable bonds is 3. The number of carbonyl (C=O) groups excluding carboxylic acids is 1. The topological polar surface area (TPSA) is 44.8 Å². The third-order valence-electron chi connectivity index (χ3n) is 4.75. The molecule has 1 saturated heterocycles. The molecule has 0 aliphatic carbocycles. The number of hydrogen-bond acceptors (Lipinski definition) is 4. The van der Waals surface area contributed by atoms with Gasteiger partial charge in [-0.05, 0) is 24.4 Å². The summed E-state index contributed by atoms with van der Waals surface area (Å²) in [6, 6.07) is 2.74. The Labute approximate surface area is 194 Å². The Hall–Kier alpha value is -2.37. The standard InChI is InChI=1S/C19H14Cl2F5N3O2S/c1-31-17-9(6-8(20)7-10(17)21)18(30)27-19(32)29-4-2-28(3-5-29)16-14(25)12(23)11(22)13(24)15(16)26/h6-7H,2-5H2,1H3,(H,27,30,32). The van der Waals surface area contributed by atoms with E-state index in [-0.39, 0.29) is 52.6 Å². The summed E-state index contributed by atoms with van der Waals surface area (Å²) < 4.78 is 73.5. The summed E-state index contributed by atoms with van der Waals surface area (Å²) in [6.07, 6.45) is 0. The fourth-order valence-corrected chi connectivity index (χ4v) is 4.03. The third-order valence-corrected chi connectivity index (χ3v) is 5.61. The molecule has 1 aliphatic heterocycles. The molecule has 0 saturated carbocycles. The average molecular weight is 514 g/mol. The molecule has 0 unspecified atom stereocenters. The summed E-state index contributed by atoms with van der Waals surface area (Å²) in [7, 11) is 1.32. The number of piperazine rings is 1. The number of amides is 1. The summed E-state index contributed by atoms with van der Waals surface area (Å²) in [4.78, 5) is 15.1. The van der Waals surface area contributed by atoms with Gasteiger partial charge in [0.1, 0.15) is 11.4 Å². The average Bonchev–Trinajstić information content (AvgIpc) is 2.76. The molecule has 1 amide bonds. The molecule has 5 nitrogen and oxygen atoms in total. The highest BCUT2D eigenvalue weighted by molar-refractivity contribution is 7.80. The van der Waals surface area contributed by atoms with E-state index in [0.29, 0.717) is 0 Å². The molecule has 13 heteroatoms. The number of ether oxygens (including phenoxy) is 1. The monoisotopic (exact) mass is 513 g/mol. The van der Waals surface area contributed by atoms with Gasteiger partial charge >= 0.3 is 0 Å². The molecule has 3 rings (SSSR count). The minimum absolute atomic E-state index is 0.00906. The number of halogens is 7. The predicted molar refractivity (Wildman–Crippen MR) is 113 cm³/mol. The van der Waals surface area contributed by atoms with Crippen LogP contribution in [-0.4, -0.2) is 49.2 Å². The molecule has 1 heterocycles. The van der Waals surface area contributed by atoms with Crippen LogP contribution in [0.25, 0.3) is 0 Å². The molecule has 172 valence electrons. The highest BCUT2D eigenvalue weighted by atomic mass is 35.5. The van der Waals surface area contributed by atoms with Gasteiger partial charge in [-0.3, -0.25) is 10.1 Å². The first-order valence-electron chi connectivity index (χ1n) is 8.96. The second-order valence-electron chi connectivity index (χ2n) is 6.62. The zero-order chi connectivity index (χ0) is 23.7. The van der Waals surface area contributed by atoms with E-state index in [0.717, 1.165) is 4.90 Å². The van der Waals surface area contributed by atoms with Gasteiger partial charge in [0.25, 0.3) is 5.91 Å². The largest absolute Gasteiger partial charge is 0.494 e. The molecule has 0 bridgehead atoms. The molecular formula is C19H14Cl2F5N3O2S. The summed E-state index contributed by atoms with van der Waals surface area (Å²) in [5.74, 6) is -10.6. The Morgan fingerprint density at radius 2 is 1.50 bits per heavy atom. The van der Waals surface area contributed by atoms with Crippen LogP contribution < -0.4 is 15.0 Å². The van der Waals surface area contributed by atoms with Crippen LogP contribution in [0.15, 0.2) is 12.1 Å². The van der Waals surface area contributed by atoms with Crippen LogP contribution >= 0.6 is 35.4 Å². The number of hydrogen-bond donors (Lipinski definition) is 1. The normalized spacial score (nSPS) is 13.9. The lowest BCUT2D eigenvalue weighted by Gasteiger charge is -2.37. The molecule has 0 radical (unpaired) electrons. The van der Waals surface area contributed by atoms with Gasteiger partial charge in [0.05, 0.1) is 17.7 Å². The molecule has 1 fully saturated rings. The molecule has 1 aliphatic rings. The molecular weight excluding hydrogens is 500 g/mol. The Kier molecular flexibility index (Phi) is 7.31. The van der Waals surface area contributed by atoms with Crippen molar-refractivity contribution in [2.24, 2.45) is 0 Å². The molecule has 0 atom stereocenters. The van der Waals surface area contributed by atoms with Crippen LogP contribution in [0.3, 0.4) is 0 Å². The minimum atomic E-state index is -2.22. The predicted octanol–water partition coefficient (Wildman–Crippen LogP) is 4.53. The Morgan fingerprint density at radius 3 is 2.03 bits per heavy atom. The summed E-state index contributed by atoms with van der Waals surface area (Å²) >= 11 is 17.2. The maximum Gasteiger partial charge on any atom is 0.261 e. The van der Waals surface area contributed by atoms with Gasteiger partial charge in [0, 0.05) is 31.2 Å². The lowest BCUT2D eigenvalue weighted by atomic mass is 10.2. The summed E-state index contributed by atoms with van der Waals surface area (Å²) in [5.41, 5.74) is -0.971. The van der Waals surface area contributed by atoms with E-state index in [1.807, 2.05) is 0 Å². The highest BCUT2D eigenvalue weighted by Gasteiger charge is 2.31. The van der Waals surface area contributed by atoms with Crippen molar-refractivity contribution in [3.63, 3.8) is 0 Å². The van der Waals surface area contributed by atoms with Crippen LogP contribution in [0.5, 0.6) is 5.75 Å². The van der Waals surface area contributed by atoms with Crippen molar-refractivity contribution in [3.05, 3.63) is 56.8 Å². The number of thiocarbonyl (C=S) groups is 1. The van der Waals surface area contributed by atoms with E-state index in [1.165, 1.54) is 24.1 Å². The zero-order valence-corrected chi connectivity index (χ0v) is 18.6. The van der Waals surface area contributed by atoms with E-state index in [2.05, 4.69) is 5.32 Å². The number of nitrogens with one attached hydrogen (secondary N) is 1. The fourth-order valence-electron chi connectivity index (χ4n) is 3.18. The van der Waals surface area contributed by atoms with Crippen LogP contribution in [0.2, 0.25) is 10.0 Å². The van der Waals surface area contributed by atoms with Gasteiger partial charge in [-0.2, -0.15) is 0 Å². The maximum atomic E-state index is 14.0. The molecule has 2 aromatic carbocycles. The van der Waals surface area contributed by atoms with Crippen LogP contribution in [0, 0.1) is 29.1 Å². The number of nitrogens with zero attached hydrogens (tertiary/aromatic N) is 2. The van der Waals surface area contributed by atoms with Crippen molar-refractivity contribution in [1.82, 2.24) is 10.2 Å². The molecule has 32 heavy (non-hydrogen) atoms.